The van der Waals surface area contributed by atoms with Crippen LogP contribution in [0.25, 0.3) is 0 Å². The van der Waals surface area contributed by atoms with E-state index < -0.39 is 0 Å². The highest BCUT2D eigenvalue weighted by molar-refractivity contribution is 8.00. The molecule has 0 saturated carbocycles. The zero-order valence-electron chi connectivity index (χ0n) is 6.55. The maximum absolute atomic E-state index is 8.58. The predicted octanol–water partition coefficient (Wildman–Crippen LogP) is 2.04. The van der Waals surface area contributed by atoms with Gasteiger partial charge in [-0.05, 0) is 25.7 Å². The van der Waals surface area contributed by atoms with Crippen molar-refractivity contribution < 1.29 is 5.11 Å². The average Bonchev–Trinajstić information content (AvgIpc) is 2.31. The van der Waals surface area contributed by atoms with Crippen LogP contribution < -0.4 is 0 Å². The molecular formula is C8H16OS. The molecule has 1 heterocycles. The lowest BCUT2D eigenvalue weighted by molar-refractivity contribution is 0.283. The third kappa shape index (κ3) is 2.51. The minimum Gasteiger partial charge on any atom is -0.396 e. The molecule has 1 rings (SSSR count). The number of hydrogen-bond donors (Lipinski definition) is 1. The maximum Gasteiger partial charge on any atom is 0.0431 e. The normalized spacial score (nSPS) is 33.0. The van der Waals surface area contributed by atoms with Crippen LogP contribution in [0.4, 0.5) is 0 Å². The van der Waals surface area contributed by atoms with E-state index in [4.69, 9.17) is 5.11 Å². The highest BCUT2D eigenvalue weighted by Crippen LogP contribution is 2.35. The Morgan fingerprint density at radius 2 is 2.30 bits per heavy atom. The Morgan fingerprint density at radius 1 is 1.50 bits per heavy atom. The third-order valence-electron chi connectivity index (χ3n) is 2.00. The third-order valence-corrected chi connectivity index (χ3v) is 3.56. The van der Waals surface area contributed by atoms with Gasteiger partial charge in [-0.15, -0.1) is 0 Å². The zero-order chi connectivity index (χ0) is 7.40. The van der Waals surface area contributed by atoms with E-state index in [1.54, 1.807) is 0 Å². The fourth-order valence-electron chi connectivity index (χ4n) is 1.42. The molecule has 0 aromatic carbocycles. The van der Waals surface area contributed by atoms with Crippen molar-refractivity contribution in [2.75, 3.05) is 6.61 Å². The molecule has 2 unspecified atom stereocenters. The van der Waals surface area contributed by atoms with E-state index in [-0.39, 0.29) is 0 Å². The maximum atomic E-state index is 8.58. The van der Waals surface area contributed by atoms with E-state index in [9.17, 15) is 0 Å². The molecular weight excluding hydrogens is 144 g/mol. The van der Waals surface area contributed by atoms with E-state index in [0.717, 1.165) is 16.9 Å². The van der Waals surface area contributed by atoms with Gasteiger partial charge in [0.15, 0.2) is 0 Å². The highest BCUT2D eigenvalue weighted by atomic mass is 32.2. The van der Waals surface area contributed by atoms with Gasteiger partial charge in [-0.3, -0.25) is 0 Å². The summed E-state index contributed by atoms with van der Waals surface area (Å²) >= 11 is 2.09. The quantitative estimate of drug-likeness (QED) is 0.682. The van der Waals surface area contributed by atoms with E-state index in [1.165, 1.54) is 19.3 Å². The predicted molar refractivity (Wildman–Crippen MR) is 46.4 cm³/mol. The topological polar surface area (TPSA) is 20.2 Å². The molecule has 1 N–H and O–H groups in total. The lowest BCUT2D eigenvalue weighted by Crippen LogP contribution is -1.97. The summed E-state index contributed by atoms with van der Waals surface area (Å²) in [6, 6.07) is 0. The van der Waals surface area contributed by atoms with Gasteiger partial charge in [0, 0.05) is 17.1 Å². The summed E-state index contributed by atoms with van der Waals surface area (Å²) in [6.07, 6.45) is 4.95. The van der Waals surface area contributed by atoms with Crippen molar-refractivity contribution in [1.82, 2.24) is 0 Å². The first-order chi connectivity index (χ1) is 4.83. The SMILES string of the molecule is CC1CCC(CCCO)S1. The van der Waals surface area contributed by atoms with Crippen molar-refractivity contribution in [3.05, 3.63) is 0 Å². The summed E-state index contributed by atoms with van der Waals surface area (Å²) < 4.78 is 0. The minimum atomic E-state index is 0.367. The molecule has 1 nitrogen and oxygen atoms in total. The van der Waals surface area contributed by atoms with Gasteiger partial charge in [0.1, 0.15) is 0 Å². The Morgan fingerprint density at radius 3 is 2.80 bits per heavy atom. The lowest BCUT2D eigenvalue weighted by Gasteiger charge is -2.06. The molecule has 10 heavy (non-hydrogen) atoms. The van der Waals surface area contributed by atoms with Crippen LogP contribution in [0.5, 0.6) is 0 Å². The van der Waals surface area contributed by atoms with Crippen LogP contribution in [-0.2, 0) is 0 Å². The number of rotatable bonds is 3. The van der Waals surface area contributed by atoms with E-state index in [0.29, 0.717) is 6.61 Å². The first-order valence-electron chi connectivity index (χ1n) is 4.09. The van der Waals surface area contributed by atoms with Gasteiger partial charge >= 0.3 is 0 Å². The van der Waals surface area contributed by atoms with Gasteiger partial charge in [0.2, 0.25) is 0 Å². The summed E-state index contributed by atoms with van der Waals surface area (Å²) in [4.78, 5) is 0. The van der Waals surface area contributed by atoms with E-state index in [2.05, 4.69) is 18.7 Å². The first kappa shape index (κ1) is 8.41. The van der Waals surface area contributed by atoms with Crippen LogP contribution in [0.3, 0.4) is 0 Å². The monoisotopic (exact) mass is 160 g/mol. The smallest absolute Gasteiger partial charge is 0.0431 e. The van der Waals surface area contributed by atoms with Crippen LogP contribution in [-0.4, -0.2) is 22.2 Å². The molecule has 1 saturated heterocycles. The molecule has 0 radical (unpaired) electrons. The molecule has 0 spiro atoms. The van der Waals surface area contributed by atoms with Crippen molar-refractivity contribution in [1.29, 1.82) is 0 Å². The summed E-state index contributed by atoms with van der Waals surface area (Å²) in [5, 5.41) is 10.3. The molecule has 2 heteroatoms. The molecule has 0 aliphatic carbocycles. The van der Waals surface area contributed by atoms with Gasteiger partial charge in [-0.25, -0.2) is 0 Å². The molecule has 2 atom stereocenters. The number of aliphatic hydroxyl groups is 1. The van der Waals surface area contributed by atoms with Crippen LogP contribution in [0, 0.1) is 0 Å². The Balaban J connectivity index is 2.06. The Bertz CT molecular complexity index is 95.3. The molecule has 60 valence electrons. The van der Waals surface area contributed by atoms with E-state index in [1.807, 2.05) is 0 Å². The van der Waals surface area contributed by atoms with Crippen molar-refractivity contribution in [2.24, 2.45) is 0 Å². The van der Waals surface area contributed by atoms with Crippen molar-refractivity contribution in [2.45, 2.75) is 43.1 Å². The van der Waals surface area contributed by atoms with Crippen LogP contribution in [0.15, 0.2) is 0 Å². The largest absolute Gasteiger partial charge is 0.396 e. The van der Waals surface area contributed by atoms with Gasteiger partial charge in [-0.1, -0.05) is 6.92 Å². The van der Waals surface area contributed by atoms with Crippen LogP contribution >= 0.6 is 11.8 Å². The van der Waals surface area contributed by atoms with Crippen LogP contribution in [0.1, 0.15) is 32.6 Å². The summed E-state index contributed by atoms with van der Waals surface area (Å²) in [7, 11) is 0. The number of aliphatic hydroxyl groups excluding tert-OH is 1. The van der Waals surface area contributed by atoms with E-state index >= 15 is 0 Å². The molecule has 1 aliphatic rings. The summed E-state index contributed by atoms with van der Waals surface area (Å²) in [5.41, 5.74) is 0. The zero-order valence-corrected chi connectivity index (χ0v) is 7.36. The Labute approximate surface area is 67.2 Å². The van der Waals surface area contributed by atoms with Gasteiger partial charge < -0.3 is 5.11 Å². The molecule has 0 aromatic rings. The number of hydrogen-bond acceptors (Lipinski definition) is 2. The fourth-order valence-corrected chi connectivity index (χ4v) is 2.92. The van der Waals surface area contributed by atoms with Crippen molar-refractivity contribution >= 4 is 11.8 Å². The molecule has 1 fully saturated rings. The van der Waals surface area contributed by atoms with Gasteiger partial charge in [-0.2, -0.15) is 11.8 Å². The first-order valence-corrected chi connectivity index (χ1v) is 5.03. The molecule has 0 amide bonds. The van der Waals surface area contributed by atoms with Crippen LogP contribution in [0.2, 0.25) is 0 Å². The van der Waals surface area contributed by atoms with Crippen molar-refractivity contribution in [3.63, 3.8) is 0 Å². The summed E-state index contributed by atoms with van der Waals surface area (Å²) in [5.74, 6) is 0. The standard InChI is InChI=1S/C8H16OS/c1-7-4-5-8(10-7)3-2-6-9/h7-9H,2-6H2,1H3. The lowest BCUT2D eigenvalue weighted by atomic mass is 10.1. The summed E-state index contributed by atoms with van der Waals surface area (Å²) in [6.45, 7) is 2.66. The second-order valence-electron chi connectivity index (χ2n) is 3.01. The fraction of sp³-hybridized carbons (Fsp3) is 1.00. The second kappa shape index (κ2) is 4.24. The van der Waals surface area contributed by atoms with Gasteiger partial charge in [0.05, 0.1) is 0 Å². The average molecular weight is 160 g/mol. The molecule has 0 bridgehead atoms. The minimum absolute atomic E-state index is 0.367. The van der Waals surface area contributed by atoms with Gasteiger partial charge in [0.25, 0.3) is 0 Å². The Hall–Kier alpha value is 0.310. The van der Waals surface area contributed by atoms with Crippen molar-refractivity contribution in [3.8, 4) is 0 Å². The second-order valence-corrected chi connectivity index (χ2v) is 4.76. The number of thioether (sulfide) groups is 1. The molecule has 0 aromatic heterocycles. The molecule has 1 aliphatic heterocycles. The Kier molecular flexibility index (Phi) is 3.57. The highest BCUT2D eigenvalue weighted by Gasteiger charge is 2.20.